The van der Waals surface area contributed by atoms with Gasteiger partial charge in [-0.1, -0.05) is 0 Å². The largest absolute Gasteiger partial charge is 0.382 e. The molecule has 0 radical (unpaired) electrons. The van der Waals surface area contributed by atoms with Crippen LogP contribution in [0.25, 0.3) is 0 Å². The Hall–Kier alpha value is -0.650. The summed E-state index contributed by atoms with van der Waals surface area (Å²) in [6.45, 7) is 7.15. The van der Waals surface area contributed by atoms with E-state index in [2.05, 4.69) is 42.1 Å². The number of piperazine rings is 3. The van der Waals surface area contributed by atoms with E-state index in [1.165, 1.54) is 32.7 Å². The van der Waals surface area contributed by atoms with E-state index in [0.29, 0.717) is 6.04 Å². The second kappa shape index (κ2) is 4.92. The Morgan fingerprint density at radius 2 is 2.12 bits per heavy atom. The minimum Gasteiger partial charge on any atom is -0.382 e. The Balaban J connectivity index is 1.57. The molecule has 4 rings (SSSR count). The minimum absolute atomic E-state index is 0.650. The lowest BCUT2D eigenvalue weighted by atomic mass is 10.1. The molecule has 0 aliphatic carbocycles. The lowest BCUT2D eigenvalue weighted by Crippen LogP contribution is -2.62. The molecule has 92 valence electrons. The molecule has 3 saturated heterocycles. The summed E-state index contributed by atoms with van der Waals surface area (Å²) in [6, 6.07) is 2.72. The van der Waals surface area contributed by atoms with Crippen LogP contribution in [0.1, 0.15) is 0 Å². The highest BCUT2D eigenvalue weighted by molar-refractivity contribution is 9.10. The molecule has 0 aromatic carbocycles. The van der Waals surface area contributed by atoms with Crippen molar-refractivity contribution in [2.24, 2.45) is 0 Å². The summed E-state index contributed by atoms with van der Waals surface area (Å²) in [5, 5.41) is 3.48. The van der Waals surface area contributed by atoms with Crippen molar-refractivity contribution in [3.63, 3.8) is 0 Å². The average molecular weight is 297 g/mol. The smallest absolute Gasteiger partial charge is 0.0538 e. The number of pyridine rings is 1. The zero-order valence-corrected chi connectivity index (χ0v) is 11.4. The van der Waals surface area contributed by atoms with Gasteiger partial charge in [0, 0.05) is 56.0 Å². The fourth-order valence-corrected chi connectivity index (χ4v) is 3.03. The van der Waals surface area contributed by atoms with Crippen LogP contribution in [0.4, 0.5) is 5.69 Å². The van der Waals surface area contributed by atoms with Gasteiger partial charge < -0.3 is 5.32 Å². The summed E-state index contributed by atoms with van der Waals surface area (Å²) >= 11 is 3.44. The number of rotatable bonds is 3. The molecule has 4 nitrogen and oxygen atoms in total. The van der Waals surface area contributed by atoms with Crippen molar-refractivity contribution >= 4 is 21.6 Å². The van der Waals surface area contributed by atoms with Gasteiger partial charge in [0.15, 0.2) is 0 Å². The maximum absolute atomic E-state index is 4.16. The molecule has 3 aliphatic heterocycles. The number of hydrogen-bond acceptors (Lipinski definition) is 4. The Kier molecular flexibility index (Phi) is 3.31. The minimum atomic E-state index is 0.650. The van der Waals surface area contributed by atoms with Crippen molar-refractivity contribution in [2.75, 3.05) is 44.6 Å². The zero-order chi connectivity index (χ0) is 11.7. The van der Waals surface area contributed by atoms with Gasteiger partial charge in [0.25, 0.3) is 0 Å². The van der Waals surface area contributed by atoms with Crippen LogP contribution in [-0.4, -0.2) is 60.1 Å². The summed E-state index contributed by atoms with van der Waals surface area (Å²) in [4.78, 5) is 9.32. The first-order valence-corrected chi connectivity index (χ1v) is 6.91. The fraction of sp³-hybridized carbons (Fsp3) is 0.583. The highest BCUT2D eigenvalue weighted by Crippen LogP contribution is 2.17. The van der Waals surface area contributed by atoms with Crippen LogP contribution in [0.15, 0.2) is 22.9 Å². The van der Waals surface area contributed by atoms with E-state index in [1.807, 2.05) is 12.4 Å². The third-order valence-corrected chi connectivity index (χ3v) is 4.07. The number of anilines is 1. The summed E-state index contributed by atoms with van der Waals surface area (Å²) < 4.78 is 1.02. The van der Waals surface area contributed by atoms with Crippen molar-refractivity contribution in [1.82, 2.24) is 14.8 Å². The maximum atomic E-state index is 4.16. The Labute approximate surface area is 110 Å². The van der Waals surface area contributed by atoms with Crippen LogP contribution in [0.3, 0.4) is 0 Å². The number of aromatic nitrogens is 1. The number of nitrogens with one attached hydrogen (secondary N) is 1. The van der Waals surface area contributed by atoms with Gasteiger partial charge in [0.1, 0.15) is 0 Å². The van der Waals surface area contributed by atoms with Crippen molar-refractivity contribution in [3.8, 4) is 0 Å². The lowest BCUT2D eigenvalue weighted by Gasteiger charge is -2.47. The molecule has 1 aromatic heterocycles. The molecule has 1 N–H and O–H groups in total. The SMILES string of the molecule is Brc1cncc(NCC2CN3CCN2CC3)c1. The Morgan fingerprint density at radius 3 is 2.76 bits per heavy atom. The fourth-order valence-electron chi connectivity index (χ4n) is 2.66. The molecule has 1 atom stereocenters. The van der Waals surface area contributed by atoms with Gasteiger partial charge in [-0.25, -0.2) is 0 Å². The van der Waals surface area contributed by atoms with Crippen molar-refractivity contribution in [2.45, 2.75) is 6.04 Å². The Bertz CT molecular complexity index is 390. The van der Waals surface area contributed by atoms with Crippen molar-refractivity contribution in [3.05, 3.63) is 22.9 Å². The number of fused-ring (bicyclic) bond motifs is 3. The van der Waals surface area contributed by atoms with Gasteiger partial charge in [-0.05, 0) is 22.0 Å². The molecule has 3 fully saturated rings. The van der Waals surface area contributed by atoms with E-state index in [0.717, 1.165) is 16.7 Å². The second-order valence-electron chi connectivity index (χ2n) is 4.76. The van der Waals surface area contributed by atoms with Crippen LogP contribution >= 0.6 is 15.9 Å². The predicted molar refractivity (Wildman–Crippen MR) is 72.2 cm³/mol. The van der Waals surface area contributed by atoms with Crippen LogP contribution in [0, 0.1) is 0 Å². The molecule has 0 spiro atoms. The van der Waals surface area contributed by atoms with Gasteiger partial charge in [0.05, 0.1) is 11.9 Å². The molecule has 3 aliphatic rings. The number of halogens is 1. The first kappa shape index (κ1) is 11.4. The topological polar surface area (TPSA) is 31.4 Å². The zero-order valence-electron chi connectivity index (χ0n) is 9.77. The average Bonchev–Trinajstić information content (AvgIpc) is 2.38. The van der Waals surface area contributed by atoms with Crippen molar-refractivity contribution in [1.29, 1.82) is 0 Å². The molecule has 4 heterocycles. The maximum Gasteiger partial charge on any atom is 0.0538 e. The van der Waals surface area contributed by atoms with E-state index in [9.17, 15) is 0 Å². The van der Waals surface area contributed by atoms with E-state index in [4.69, 9.17) is 0 Å². The number of nitrogens with zero attached hydrogens (tertiary/aromatic N) is 3. The molecule has 1 unspecified atom stereocenters. The third-order valence-electron chi connectivity index (χ3n) is 3.64. The number of hydrogen-bond donors (Lipinski definition) is 1. The van der Waals surface area contributed by atoms with Gasteiger partial charge in [-0.2, -0.15) is 0 Å². The first-order valence-electron chi connectivity index (χ1n) is 6.12. The molecule has 17 heavy (non-hydrogen) atoms. The molecule has 0 saturated carbocycles. The molecular formula is C12H17BrN4. The molecule has 0 amide bonds. The van der Waals surface area contributed by atoms with Gasteiger partial charge in [-0.3, -0.25) is 14.8 Å². The summed E-state index contributed by atoms with van der Waals surface area (Å²) in [7, 11) is 0. The molecule has 2 bridgehead atoms. The normalized spacial score (nSPS) is 31.5. The third kappa shape index (κ3) is 2.61. The lowest BCUT2D eigenvalue weighted by molar-refractivity contribution is 0.0189. The highest BCUT2D eigenvalue weighted by atomic mass is 79.9. The van der Waals surface area contributed by atoms with Gasteiger partial charge in [0.2, 0.25) is 0 Å². The van der Waals surface area contributed by atoms with E-state index >= 15 is 0 Å². The standard InChI is InChI=1S/C12H17BrN4/c13-10-5-11(7-14-6-10)15-8-12-9-16-1-3-17(12)4-2-16/h5-7,12,15H,1-4,8-9H2. The second-order valence-corrected chi connectivity index (χ2v) is 5.68. The van der Waals surface area contributed by atoms with Gasteiger partial charge >= 0.3 is 0 Å². The van der Waals surface area contributed by atoms with E-state index in [-0.39, 0.29) is 0 Å². The Morgan fingerprint density at radius 1 is 1.29 bits per heavy atom. The monoisotopic (exact) mass is 296 g/mol. The first-order chi connectivity index (χ1) is 8.31. The molecular weight excluding hydrogens is 280 g/mol. The van der Waals surface area contributed by atoms with Crippen LogP contribution in [-0.2, 0) is 0 Å². The molecule has 5 heteroatoms. The van der Waals surface area contributed by atoms with Crippen molar-refractivity contribution < 1.29 is 0 Å². The van der Waals surface area contributed by atoms with Crippen LogP contribution < -0.4 is 5.32 Å². The quantitative estimate of drug-likeness (QED) is 0.910. The van der Waals surface area contributed by atoms with E-state index in [1.54, 1.807) is 0 Å². The highest BCUT2D eigenvalue weighted by Gasteiger charge is 2.31. The molecule has 1 aromatic rings. The summed E-state index contributed by atoms with van der Waals surface area (Å²) in [5.74, 6) is 0. The van der Waals surface area contributed by atoms with E-state index < -0.39 is 0 Å². The van der Waals surface area contributed by atoms with Gasteiger partial charge in [-0.15, -0.1) is 0 Å². The summed E-state index contributed by atoms with van der Waals surface area (Å²) in [5.41, 5.74) is 1.09. The van der Waals surface area contributed by atoms with Crippen LogP contribution in [0.5, 0.6) is 0 Å². The predicted octanol–water partition coefficient (Wildman–Crippen LogP) is 1.26. The van der Waals surface area contributed by atoms with Crippen LogP contribution in [0.2, 0.25) is 0 Å². The summed E-state index contributed by atoms with van der Waals surface area (Å²) in [6.07, 6.45) is 3.68.